The van der Waals surface area contributed by atoms with Gasteiger partial charge in [-0.3, -0.25) is 19.8 Å². The van der Waals surface area contributed by atoms with Crippen molar-refractivity contribution in [3.63, 3.8) is 0 Å². The fourth-order valence-corrected chi connectivity index (χ4v) is 5.60. The van der Waals surface area contributed by atoms with Gasteiger partial charge < -0.3 is 15.3 Å². The predicted octanol–water partition coefficient (Wildman–Crippen LogP) is 3.52. The summed E-state index contributed by atoms with van der Waals surface area (Å²) < 4.78 is 0. The highest BCUT2D eigenvalue weighted by Crippen LogP contribution is 2.41. The Morgan fingerprint density at radius 2 is 1.83 bits per heavy atom. The zero-order valence-electron chi connectivity index (χ0n) is 20.8. The summed E-state index contributed by atoms with van der Waals surface area (Å²) in [5.41, 5.74) is 1.15. The number of benzene rings is 2. The summed E-state index contributed by atoms with van der Waals surface area (Å²) in [4.78, 5) is 31.5. The average Bonchev–Trinajstić information content (AvgIpc) is 3.08. The van der Waals surface area contributed by atoms with E-state index in [-0.39, 0.29) is 24.3 Å². The predicted molar refractivity (Wildman–Crippen MR) is 143 cm³/mol. The Morgan fingerprint density at radius 3 is 2.50 bits per heavy atom. The lowest BCUT2D eigenvalue weighted by atomic mass is 9.83. The number of fused-ring (bicyclic) bond motifs is 1. The number of anilines is 1. The van der Waals surface area contributed by atoms with Gasteiger partial charge >= 0.3 is 0 Å². The molecule has 0 bridgehead atoms. The molecule has 4 rings (SSSR count). The number of nitrogens with one attached hydrogen (secondary N) is 2. The zero-order valence-corrected chi connectivity index (χ0v) is 22.3. The average molecular weight is 534 g/mol. The van der Waals surface area contributed by atoms with E-state index < -0.39 is 11.6 Å². The van der Waals surface area contributed by atoms with Gasteiger partial charge in [-0.25, -0.2) is 0 Å². The summed E-state index contributed by atoms with van der Waals surface area (Å²) >= 11 is 12.5. The van der Waals surface area contributed by atoms with Gasteiger partial charge in [0.15, 0.2) is 0 Å². The summed E-state index contributed by atoms with van der Waals surface area (Å²) in [6.45, 7) is 7.49. The Hall–Kier alpha value is -2.16. The molecule has 2 atom stereocenters. The van der Waals surface area contributed by atoms with Crippen LogP contribution < -0.4 is 10.6 Å². The van der Waals surface area contributed by atoms with Crippen LogP contribution in [0.15, 0.2) is 42.5 Å². The van der Waals surface area contributed by atoms with Crippen molar-refractivity contribution >= 4 is 40.7 Å². The van der Waals surface area contributed by atoms with E-state index in [1.165, 1.54) is 0 Å². The summed E-state index contributed by atoms with van der Waals surface area (Å²) in [6.07, 6.45) is 0.920. The number of carbonyl (C=O) groups excluding carboxylic acids is 2. The van der Waals surface area contributed by atoms with E-state index in [4.69, 9.17) is 23.2 Å². The molecule has 2 unspecified atom stereocenters. The van der Waals surface area contributed by atoms with Gasteiger partial charge in [-0.1, -0.05) is 55.2 Å². The maximum Gasteiger partial charge on any atom is 0.249 e. The molecular formula is C27H34Cl2N4O3. The molecule has 2 aromatic rings. The van der Waals surface area contributed by atoms with Crippen molar-refractivity contribution in [3.8, 4) is 0 Å². The third-order valence-corrected chi connectivity index (χ3v) is 7.43. The van der Waals surface area contributed by atoms with E-state index in [0.717, 1.165) is 24.2 Å². The van der Waals surface area contributed by atoms with Gasteiger partial charge in [0, 0.05) is 60.4 Å². The lowest BCUT2D eigenvalue weighted by Gasteiger charge is -2.39. The fourth-order valence-electron chi connectivity index (χ4n) is 5.21. The van der Waals surface area contributed by atoms with Gasteiger partial charge in [0.05, 0.1) is 12.6 Å². The van der Waals surface area contributed by atoms with Gasteiger partial charge in [0.25, 0.3) is 0 Å². The standard InChI is InChI=1S/C27H34Cl2N4O3/c1-18(2)14-24(25(35)33-10-8-32(9-11-33)12-13-34)31-27(17-19-4-3-5-20(28)15-19)22-7-6-21(29)16-23(22)30-26(27)36/h3-7,15-16,18,24,31,34H,8-14,17H2,1-2H3,(H,30,36). The van der Waals surface area contributed by atoms with Crippen LogP contribution in [0.25, 0.3) is 0 Å². The van der Waals surface area contributed by atoms with Gasteiger partial charge in [-0.05, 0) is 42.2 Å². The van der Waals surface area contributed by atoms with Crippen LogP contribution in [0.2, 0.25) is 10.0 Å². The number of aliphatic hydroxyl groups excluding tert-OH is 1. The quantitative estimate of drug-likeness (QED) is 0.460. The molecule has 194 valence electrons. The molecule has 1 fully saturated rings. The molecule has 0 aromatic heterocycles. The molecule has 0 saturated carbocycles. The SMILES string of the molecule is CC(C)CC(NC1(Cc2cccc(Cl)c2)C(=O)Nc2cc(Cl)ccc21)C(=O)N1CCN(CCO)CC1. The first-order chi connectivity index (χ1) is 17.2. The van der Waals surface area contributed by atoms with Crippen LogP contribution in [0, 0.1) is 5.92 Å². The van der Waals surface area contributed by atoms with Crippen LogP contribution in [0.4, 0.5) is 5.69 Å². The van der Waals surface area contributed by atoms with Gasteiger partial charge in [0.1, 0.15) is 5.54 Å². The summed E-state index contributed by atoms with van der Waals surface area (Å²) in [7, 11) is 0. The molecular weight excluding hydrogens is 499 g/mol. The number of nitrogens with zero attached hydrogens (tertiary/aromatic N) is 2. The van der Waals surface area contributed by atoms with Crippen molar-refractivity contribution in [2.45, 2.75) is 38.3 Å². The first-order valence-corrected chi connectivity index (χ1v) is 13.2. The van der Waals surface area contributed by atoms with Gasteiger partial charge in [-0.15, -0.1) is 0 Å². The molecule has 9 heteroatoms. The number of β-amino-alcohol motifs (C(OH)–C–C–N with tert-alkyl or cyclic N) is 1. The summed E-state index contributed by atoms with van der Waals surface area (Å²) in [5.74, 6) is 0.0154. The largest absolute Gasteiger partial charge is 0.395 e. The number of carbonyl (C=O) groups is 2. The normalized spacial score (nSPS) is 20.9. The number of amides is 2. The highest BCUT2D eigenvalue weighted by Gasteiger charge is 2.49. The highest BCUT2D eigenvalue weighted by atomic mass is 35.5. The third kappa shape index (κ3) is 5.87. The smallest absolute Gasteiger partial charge is 0.249 e. The minimum atomic E-state index is -1.15. The maximum atomic E-state index is 13.8. The van der Waals surface area contributed by atoms with Crippen LogP contribution in [-0.4, -0.2) is 72.1 Å². The van der Waals surface area contributed by atoms with Crippen LogP contribution in [0.1, 0.15) is 31.4 Å². The number of hydrogen-bond donors (Lipinski definition) is 3. The number of piperazine rings is 1. The van der Waals surface area contributed by atoms with Gasteiger partial charge in [-0.2, -0.15) is 0 Å². The number of halogens is 2. The molecule has 3 N–H and O–H groups in total. The summed E-state index contributed by atoms with van der Waals surface area (Å²) in [5, 5.41) is 16.9. The molecule has 7 nitrogen and oxygen atoms in total. The van der Waals surface area contributed by atoms with Crippen molar-refractivity contribution in [1.82, 2.24) is 15.1 Å². The second-order valence-electron chi connectivity index (χ2n) is 10.1. The first kappa shape index (κ1) is 26.9. The molecule has 2 aromatic carbocycles. The molecule has 2 aliphatic rings. The Bertz CT molecular complexity index is 1100. The van der Waals surface area contributed by atoms with E-state index in [2.05, 4.69) is 29.4 Å². The lowest BCUT2D eigenvalue weighted by Crippen LogP contribution is -2.60. The van der Waals surface area contributed by atoms with Crippen LogP contribution in [0.3, 0.4) is 0 Å². The number of rotatable bonds is 9. The minimum Gasteiger partial charge on any atom is -0.395 e. The van der Waals surface area contributed by atoms with Crippen molar-refractivity contribution in [2.24, 2.45) is 5.92 Å². The molecule has 2 aliphatic heterocycles. The molecule has 2 heterocycles. The lowest BCUT2D eigenvalue weighted by molar-refractivity contribution is -0.137. The minimum absolute atomic E-state index is 0.00645. The Kier molecular flexibility index (Phi) is 8.58. The van der Waals surface area contributed by atoms with E-state index in [0.29, 0.717) is 48.2 Å². The van der Waals surface area contributed by atoms with Crippen LogP contribution in [0.5, 0.6) is 0 Å². The second kappa shape index (κ2) is 11.5. The van der Waals surface area contributed by atoms with Crippen LogP contribution in [-0.2, 0) is 21.5 Å². The molecule has 2 amide bonds. The van der Waals surface area contributed by atoms with Crippen molar-refractivity contribution in [2.75, 3.05) is 44.6 Å². The van der Waals surface area contributed by atoms with E-state index >= 15 is 0 Å². The number of aliphatic hydroxyl groups is 1. The van der Waals surface area contributed by atoms with Gasteiger partial charge in [0.2, 0.25) is 11.8 Å². The summed E-state index contributed by atoms with van der Waals surface area (Å²) in [6, 6.07) is 12.3. The van der Waals surface area contributed by atoms with E-state index in [1.807, 2.05) is 29.2 Å². The third-order valence-electron chi connectivity index (χ3n) is 6.96. The molecule has 0 radical (unpaired) electrons. The van der Waals surface area contributed by atoms with Crippen molar-refractivity contribution in [3.05, 3.63) is 63.6 Å². The highest BCUT2D eigenvalue weighted by molar-refractivity contribution is 6.31. The Labute approximate surface area is 222 Å². The second-order valence-corrected chi connectivity index (χ2v) is 10.9. The van der Waals surface area contributed by atoms with Crippen molar-refractivity contribution < 1.29 is 14.7 Å². The first-order valence-electron chi connectivity index (χ1n) is 12.5. The maximum absolute atomic E-state index is 13.8. The monoisotopic (exact) mass is 532 g/mol. The molecule has 36 heavy (non-hydrogen) atoms. The van der Waals surface area contributed by atoms with E-state index in [9.17, 15) is 14.7 Å². The zero-order chi connectivity index (χ0) is 25.9. The Morgan fingerprint density at radius 1 is 1.11 bits per heavy atom. The van der Waals surface area contributed by atoms with Crippen LogP contribution >= 0.6 is 23.2 Å². The topological polar surface area (TPSA) is 84.9 Å². The van der Waals surface area contributed by atoms with E-state index in [1.54, 1.807) is 18.2 Å². The fraction of sp³-hybridized carbons (Fsp3) is 0.481. The molecule has 0 aliphatic carbocycles. The molecule has 1 saturated heterocycles. The van der Waals surface area contributed by atoms with Crippen molar-refractivity contribution in [1.29, 1.82) is 0 Å². The number of hydrogen-bond acceptors (Lipinski definition) is 5. The molecule has 0 spiro atoms. The Balaban J connectivity index is 1.68.